The molecule has 0 unspecified atom stereocenters. The van der Waals surface area contributed by atoms with E-state index in [9.17, 15) is 9.59 Å². The molecule has 0 radical (unpaired) electrons. The first-order valence-electron chi connectivity index (χ1n) is 10.2. The van der Waals surface area contributed by atoms with E-state index in [2.05, 4.69) is 0 Å². The Kier molecular flexibility index (Phi) is 4.71. The summed E-state index contributed by atoms with van der Waals surface area (Å²) in [5, 5.41) is 1.72. The van der Waals surface area contributed by atoms with Crippen molar-refractivity contribution in [3.8, 4) is 5.75 Å². The van der Waals surface area contributed by atoms with E-state index in [4.69, 9.17) is 9.57 Å². The van der Waals surface area contributed by atoms with E-state index in [0.717, 1.165) is 16.8 Å². The molecule has 3 aromatic rings. The van der Waals surface area contributed by atoms with Crippen LogP contribution in [0.3, 0.4) is 0 Å². The minimum atomic E-state index is -0.886. The number of amides is 2. The van der Waals surface area contributed by atoms with Crippen molar-refractivity contribution < 1.29 is 19.2 Å². The van der Waals surface area contributed by atoms with Crippen LogP contribution in [0.1, 0.15) is 17.2 Å². The molecule has 0 N–H and O–H groups in total. The summed E-state index contributed by atoms with van der Waals surface area (Å²) in [6, 6.07) is 24.0. The largest absolute Gasteiger partial charge is 0.497 e. The molecular weight excluding hydrogens is 392 g/mol. The number of anilines is 2. The molecule has 6 heteroatoms. The highest BCUT2D eigenvalue weighted by Gasteiger charge is 2.60. The minimum absolute atomic E-state index is 0.269. The van der Waals surface area contributed by atoms with Crippen LogP contribution in [0.2, 0.25) is 0 Å². The second kappa shape index (κ2) is 7.56. The van der Waals surface area contributed by atoms with Crippen molar-refractivity contribution in [3.05, 3.63) is 90.0 Å². The van der Waals surface area contributed by atoms with Gasteiger partial charge < -0.3 is 4.74 Å². The molecule has 2 amide bonds. The monoisotopic (exact) mass is 414 g/mol. The van der Waals surface area contributed by atoms with E-state index in [-0.39, 0.29) is 11.8 Å². The van der Waals surface area contributed by atoms with Gasteiger partial charge in [0.05, 0.1) is 24.5 Å². The lowest BCUT2D eigenvalue weighted by molar-refractivity contribution is -0.126. The van der Waals surface area contributed by atoms with E-state index < -0.39 is 18.1 Å². The van der Waals surface area contributed by atoms with Gasteiger partial charge in [0.15, 0.2) is 6.10 Å². The first-order chi connectivity index (χ1) is 15.1. The number of aryl methyl sites for hydroxylation is 1. The first kappa shape index (κ1) is 19.3. The number of hydroxylamine groups is 1. The lowest BCUT2D eigenvalue weighted by atomic mass is 9.88. The zero-order valence-electron chi connectivity index (χ0n) is 17.3. The Labute approximate surface area is 180 Å². The van der Waals surface area contributed by atoms with Gasteiger partial charge in [0, 0.05) is 6.07 Å². The summed E-state index contributed by atoms with van der Waals surface area (Å²) < 4.78 is 5.27. The number of fused-ring (bicyclic) bond motifs is 1. The molecule has 0 spiro atoms. The van der Waals surface area contributed by atoms with Crippen LogP contribution in [-0.2, 0) is 14.4 Å². The van der Waals surface area contributed by atoms with Gasteiger partial charge in [-0.3, -0.25) is 14.4 Å². The van der Waals surface area contributed by atoms with Gasteiger partial charge >= 0.3 is 0 Å². The maximum atomic E-state index is 13.6. The molecule has 3 atom stereocenters. The maximum Gasteiger partial charge on any atom is 0.266 e. The number of para-hydroxylation sites is 1. The molecule has 2 fully saturated rings. The number of hydrogen-bond acceptors (Lipinski definition) is 5. The van der Waals surface area contributed by atoms with E-state index in [1.807, 2.05) is 61.5 Å². The summed E-state index contributed by atoms with van der Waals surface area (Å²) in [6.45, 7) is 2.01. The predicted molar refractivity (Wildman–Crippen MR) is 117 cm³/mol. The van der Waals surface area contributed by atoms with E-state index >= 15 is 0 Å². The Morgan fingerprint density at radius 1 is 0.839 bits per heavy atom. The Hall–Kier alpha value is -3.64. The van der Waals surface area contributed by atoms with Gasteiger partial charge in [0.2, 0.25) is 5.91 Å². The number of rotatable bonds is 4. The summed E-state index contributed by atoms with van der Waals surface area (Å²) in [6.07, 6.45) is -0.886. The van der Waals surface area contributed by atoms with Gasteiger partial charge in [0.1, 0.15) is 11.7 Å². The number of imide groups is 1. The Morgan fingerprint density at radius 2 is 1.55 bits per heavy atom. The van der Waals surface area contributed by atoms with Gasteiger partial charge in [0.25, 0.3) is 5.91 Å². The average Bonchev–Trinajstić information content (AvgIpc) is 3.31. The van der Waals surface area contributed by atoms with E-state index in [0.29, 0.717) is 11.4 Å². The van der Waals surface area contributed by atoms with Crippen molar-refractivity contribution in [3.63, 3.8) is 0 Å². The molecule has 0 bridgehead atoms. The smallest absolute Gasteiger partial charge is 0.266 e. The number of carbonyl (C=O) groups is 2. The highest BCUT2D eigenvalue weighted by molar-refractivity contribution is 6.24. The number of methoxy groups -OCH3 is 1. The van der Waals surface area contributed by atoms with Crippen LogP contribution < -0.4 is 14.7 Å². The first-order valence-corrected chi connectivity index (χ1v) is 10.2. The molecule has 6 nitrogen and oxygen atoms in total. The van der Waals surface area contributed by atoms with Gasteiger partial charge in [-0.1, -0.05) is 48.5 Å². The average molecular weight is 414 g/mol. The lowest BCUT2D eigenvalue weighted by Crippen LogP contribution is -2.37. The SMILES string of the molecule is COc1cccc(N2C(=O)[C@@H]3[C@@H](ON(c4ccccc4)[C@H]3c3ccccc3C)C2=O)c1. The Bertz CT molecular complexity index is 1150. The van der Waals surface area contributed by atoms with Gasteiger partial charge in [-0.2, -0.15) is 0 Å². The normalized spacial score (nSPS) is 22.7. The molecule has 0 aliphatic carbocycles. The third kappa shape index (κ3) is 3.07. The highest BCUT2D eigenvalue weighted by atomic mass is 16.7. The molecule has 31 heavy (non-hydrogen) atoms. The van der Waals surface area contributed by atoms with Crippen LogP contribution in [-0.4, -0.2) is 25.0 Å². The summed E-state index contributed by atoms with van der Waals surface area (Å²) in [4.78, 5) is 34.4. The van der Waals surface area contributed by atoms with Crippen LogP contribution >= 0.6 is 0 Å². The van der Waals surface area contributed by atoms with E-state index in [1.54, 1.807) is 36.4 Å². The van der Waals surface area contributed by atoms with Crippen molar-refractivity contribution in [1.29, 1.82) is 0 Å². The van der Waals surface area contributed by atoms with Gasteiger partial charge in [-0.25, -0.2) is 9.96 Å². The van der Waals surface area contributed by atoms with E-state index in [1.165, 1.54) is 4.90 Å². The minimum Gasteiger partial charge on any atom is -0.497 e. The van der Waals surface area contributed by atoms with Crippen molar-refractivity contribution in [2.24, 2.45) is 5.92 Å². The molecule has 2 aliphatic heterocycles. The zero-order valence-corrected chi connectivity index (χ0v) is 17.3. The Balaban J connectivity index is 1.60. The molecule has 156 valence electrons. The van der Waals surface area contributed by atoms with Crippen molar-refractivity contribution in [2.45, 2.75) is 19.1 Å². The summed E-state index contributed by atoms with van der Waals surface area (Å²) in [5.41, 5.74) is 3.30. The number of hydrogen-bond donors (Lipinski definition) is 0. The lowest BCUT2D eigenvalue weighted by Gasteiger charge is -2.29. The fourth-order valence-electron chi connectivity index (χ4n) is 4.45. The van der Waals surface area contributed by atoms with Gasteiger partial charge in [-0.05, 0) is 42.3 Å². The predicted octanol–water partition coefficient (Wildman–Crippen LogP) is 4.05. The third-order valence-corrected chi connectivity index (χ3v) is 5.94. The number of benzene rings is 3. The zero-order chi connectivity index (χ0) is 21.5. The quantitative estimate of drug-likeness (QED) is 0.603. The number of carbonyl (C=O) groups excluding carboxylic acids is 2. The van der Waals surface area contributed by atoms with Crippen LogP contribution in [0.25, 0.3) is 0 Å². The van der Waals surface area contributed by atoms with Crippen molar-refractivity contribution in [2.75, 3.05) is 17.1 Å². The summed E-state index contributed by atoms with van der Waals surface area (Å²) >= 11 is 0. The second-order valence-corrected chi connectivity index (χ2v) is 7.73. The molecule has 2 aliphatic rings. The van der Waals surface area contributed by atoms with Crippen molar-refractivity contribution >= 4 is 23.2 Å². The van der Waals surface area contributed by atoms with Crippen LogP contribution in [0.5, 0.6) is 5.75 Å². The van der Waals surface area contributed by atoms with Crippen LogP contribution in [0.15, 0.2) is 78.9 Å². The molecule has 0 aromatic heterocycles. The molecule has 5 rings (SSSR count). The molecule has 3 aromatic carbocycles. The molecular formula is C25H22N2O4. The number of ether oxygens (including phenoxy) is 1. The van der Waals surface area contributed by atoms with Crippen molar-refractivity contribution in [1.82, 2.24) is 0 Å². The maximum absolute atomic E-state index is 13.6. The van der Waals surface area contributed by atoms with Crippen LogP contribution in [0, 0.1) is 12.8 Å². The number of nitrogens with zero attached hydrogens (tertiary/aromatic N) is 2. The second-order valence-electron chi connectivity index (χ2n) is 7.73. The highest BCUT2D eigenvalue weighted by Crippen LogP contribution is 2.48. The molecule has 0 saturated carbocycles. The van der Waals surface area contributed by atoms with Crippen LogP contribution in [0.4, 0.5) is 11.4 Å². The fraction of sp³-hybridized carbons (Fsp3) is 0.200. The summed E-state index contributed by atoms with van der Waals surface area (Å²) in [7, 11) is 1.55. The third-order valence-electron chi connectivity index (χ3n) is 5.94. The molecule has 2 heterocycles. The standard InChI is InChI=1S/C25H22N2O4/c1-16-9-6-7-14-20(16)22-21-23(31-27(22)17-10-4-3-5-11-17)25(29)26(24(21)28)18-12-8-13-19(15-18)30-2/h3-15,21-23H,1-2H3/t21-,22-,23+/m0/s1. The fourth-order valence-corrected chi connectivity index (χ4v) is 4.45. The Morgan fingerprint density at radius 3 is 2.29 bits per heavy atom. The topological polar surface area (TPSA) is 59.1 Å². The molecule has 2 saturated heterocycles. The van der Waals surface area contributed by atoms with Gasteiger partial charge in [-0.15, -0.1) is 0 Å². The summed E-state index contributed by atoms with van der Waals surface area (Å²) in [5.74, 6) is -0.701.